The van der Waals surface area contributed by atoms with Gasteiger partial charge in [0.15, 0.2) is 0 Å². The summed E-state index contributed by atoms with van der Waals surface area (Å²) in [6.45, 7) is 3.83. The number of anilines is 2. The van der Waals surface area contributed by atoms with E-state index < -0.39 is 5.91 Å². The van der Waals surface area contributed by atoms with E-state index in [1.54, 1.807) is 18.5 Å². The highest BCUT2D eigenvalue weighted by molar-refractivity contribution is 5.96. The monoisotopic (exact) mass is 319 g/mol. The number of rotatable bonds is 4. The number of hydrogen-bond donors (Lipinski definition) is 2. The summed E-state index contributed by atoms with van der Waals surface area (Å²) in [5, 5.41) is 3.32. The molecule has 0 saturated heterocycles. The first-order valence-electron chi connectivity index (χ1n) is 7.46. The van der Waals surface area contributed by atoms with Crippen LogP contribution in [0.4, 0.5) is 11.5 Å². The van der Waals surface area contributed by atoms with E-state index in [0.717, 1.165) is 28.1 Å². The third kappa shape index (κ3) is 2.94. The summed E-state index contributed by atoms with van der Waals surface area (Å²) in [7, 11) is 0. The van der Waals surface area contributed by atoms with Crippen molar-refractivity contribution in [3.8, 4) is 11.3 Å². The first kappa shape index (κ1) is 15.6. The molecule has 3 rings (SSSR count). The Hall–Kier alpha value is -3.28. The average Bonchev–Trinajstić information content (AvgIpc) is 2.59. The normalized spacial score (nSPS) is 10.4. The van der Waals surface area contributed by atoms with E-state index in [0.29, 0.717) is 11.4 Å². The molecule has 1 amide bonds. The zero-order chi connectivity index (χ0) is 17.1. The van der Waals surface area contributed by atoms with Gasteiger partial charge in [-0.15, -0.1) is 0 Å². The van der Waals surface area contributed by atoms with E-state index in [1.807, 2.05) is 38.1 Å². The van der Waals surface area contributed by atoms with Gasteiger partial charge in [-0.1, -0.05) is 6.07 Å². The predicted octanol–water partition coefficient (Wildman–Crippen LogP) is 3.00. The fourth-order valence-electron chi connectivity index (χ4n) is 2.59. The molecule has 0 aliphatic rings. The van der Waals surface area contributed by atoms with E-state index in [9.17, 15) is 4.79 Å². The van der Waals surface area contributed by atoms with Gasteiger partial charge in [-0.3, -0.25) is 4.79 Å². The largest absolute Gasteiger partial charge is 0.366 e. The predicted molar refractivity (Wildman–Crippen MR) is 93.0 cm³/mol. The van der Waals surface area contributed by atoms with Crippen LogP contribution in [-0.2, 0) is 0 Å². The van der Waals surface area contributed by atoms with Gasteiger partial charge in [0.25, 0.3) is 0 Å². The molecule has 3 N–H and O–H groups in total. The summed E-state index contributed by atoms with van der Waals surface area (Å²) in [6, 6.07) is 9.20. The van der Waals surface area contributed by atoms with Gasteiger partial charge in [-0.25, -0.2) is 15.0 Å². The Labute approximate surface area is 139 Å². The molecule has 0 unspecified atom stereocenters. The maximum Gasteiger partial charge on any atom is 0.249 e. The second-order valence-corrected chi connectivity index (χ2v) is 5.41. The van der Waals surface area contributed by atoms with Gasteiger partial charge in [0.2, 0.25) is 5.91 Å². The highest BCUT2D eigenvalue weighted by Crippen LogP contribution is 2.31. The molecular formula is C18H17N5O. The standard InChI is InChI=1S/C18H17N5O/c1-11-5-6-13(17(19)24)12(2)16(11)23-18-14(4-3-8-21-18)15-7-9-20-10-22-15/h3-10H,1-2H3,(H2,19,24)(H,21,23). The van der Waals surface area contributed by atoms with Gasteiger partial charge in [0.05, 0.1) is 5.69 Å². The van der Waals surface area contributed by atoms with Crippen LogP contribution in [0, 0.1) is 13.8 Å². The van der Waals surface area contributed by atoms with Crippen LogP contribution in [0.2, 0.25) is 0 Å². The Morgan fingerprint density at radius 3 is 2.62 bits per heavy atom. The maximum absolute atomic E-state index is 11.6. The minimum absolute atomic E-state index is 0.451. The zero-order valence-electron chi connectivity index (χ0n) is 13.4. The Balaban J connectivity index is 2.08. The van der Waals surface area contributed by atoms with Gasteiger partial charge in [-0.05, 0) is 49.2 Å². The quantitative estimate of drug-likeness (QED) is 0.771. The Morgan fingerprint density at radius 1 is 1.08 bits per heavy atom. The topological polar surface area (TPSA) is 93.8 Å². The third-order valence-electron chi connectivity index (χ3n) is 3.85. The van der Waals surface area contributed by atoms with Crippen molar-refractivity contribution in [2.24, 2.45) is 5.73 Å². The number of nitrogens with zero attached hydrogens (tertiary/aromatic N) is 3. The van der Waals surface area contributed by atoms with Gasteiger partial charge in [0, 0.05) is 29.2 Å². The zero-order valence-corrected chi connectivity index (χ0v) is 13.4. The highest BCUT2D eigenvalue weighted by Gasteiger charge is 2.14. The molecule has 2 heterocycles. The average molecular weight is 319 g/mol. The van der Waals surface area contributed by atoms with Gasteiger partial charge >= 0.3 is 0 Å². The second-order valence-electron chi connectivity index (χ2n) is 5.41. The van der Waals surface area contributed by atoms with Crippen molar-refractivity contribution >= 4 is 17.4 Å². The molecule has 3 aromatic rings. The lowest BCUT2D eigenvalue weighted by Crippen LogP contribution is -2.14. The summed E-state index contributed by atoms with van der Waals surface area (Å²) in [5.41, 5.74) is 10.2. The van der Waals surface area contributed by atoms with Crippen molar-refractivity contribution in [2.45, 2.75) is 13.8 Å². The first-order valence-corrected chi connectivity index (χ1v) is 7.46. The number of carbonyl (C=O) groups excluding carboxylic acids is 1. The van der Waals surface area contributed by atoms with E-state index in [-0.39, 0.29) is 0 Å². The summed E-state index contributed by atoms with van der Waals surface area (Å²) in [4.78, 5) is 24.2. The molecule has 0 radical (unpaired) electrons. The van der Waals surface area contributed by atoms with Crippen molar-refractivity contribution in [3.63, 3.8) is 0 Å². The fourth-order valence-corrected chi connectivity index (χ4v) is 2.59. The first-order chi connectivity index (χ1) is 11.6. The number of pyridine rings is 1. The van der Waals surface area contributed by atoms with Gasteiger partial charge in [0.1, 0.15) is 12.1 Å². The Kier molecular flexibility index (Phi) is 4.20. The van der Waals surface area contributed by atoms with E-state index in [2.05, 4.69) is 20.3 Å². The molecule has 0 fully saturated rings. The number of amides is 1. The van der Waals surface area contributed by atoms with Crippen LogP contribution in [-0.4, -0.2) is 20.9 Å². The molecular weight excluding hydrogens is 302 g/mol. The van der Waals surface area contributed by atoms with Crippen molar-refractivity contribution in [1.82, 2.24) is 15.0 Å². The molecule has 6 heteroatoms. The van der Waals surface area contributed by atoms with E-state index in [4.69, 9.17) is 5.73 Å². The van der Waals surface area contributed by atoms with E-state index >= 15 is 0 Å². The number of nitrogens with two attached hydrogens (primary N) is 1. The number of benzene rings is 1. The summed E-state index contributed by atoms with van der Waals surface area (Å²) in [5.74, 6) is 0.205. The fraction of sp³-hybridized carbons (Fsp3) is 0.111. The van der Waals surface area contributed by atoms with Crippen LogP contribution in [0.15, 0.2) is 49.1 Å². The molecule has 2 aromatic heterocycles. The number of primary amides is 1. The minimum Gasteiger partial charge on any atom is -0.366 e. The number of hydrogen-bond acceptors (Lipinski definition) is 5. The molecule has 0 bridgehead atoms. The Morgan fingerprint density at radius 2 is 1.92 bits per heavy atom. The SMILES string of the molecule is Cc1ccc(C(N)=O)c(C)c1Nc1ncccc1-c1ccncn1. The van der Waals surface area contributed by atoms with Gasteiger partial charge < -0.3 is 11.1 Å². The van der Waals surface area contributed by atoms with Crippen molar-refractivity contribution in [1.29, 1.82) is 0 Å². The molecule has 0 spiro atoms. The second kappa shape index (κ2) is 6.45. The number of nitrogens with one attached hydrogen (secondary N) is 1. The highest BCUT2D eigenvalue weighted by atomic mass is 16.1. The molecule has 0 aliphatic heterocycles. The molecule has 24 heavy (non-hydrogen) atoms. The molecule has 0 aliphatic carbocycles. The molecule has 0 saturated carbocycles. The summed E-state index contributed by atoms with van der Waals surface area (Å²) in [6.07, 6.45) is 4.88. The number of carbonyl (C=O) groups is 1. The maximum atomic E-state index is 11.6. The van der Waals surface area contributed by atoms with Crippen molar-refractivity contribution in [2.75, 3.05) is 5.32 Å². The van der Waals surface area contributed by atoms with Crippen LogP contribution in [0.1, 0.15) is 21.5 Å². The van der Waals surface area contributed by atoms with Crippen LogP contribution in [0.25, 0.3) is 11.3 Å². The third-order valence-corrected chi connectivity index (χ3v) is 3.85. The van der Waals surface area contributed by atoms with Crippen LogP contribution in [0.3, 0.4) is 0 Å². The van der Waals surface area contributed by atoms with Crippen LogP contribution < -0.4 is 11.1 Å². The number of aryl methyl sites for hydroxylation is 1. The van der Waals surface area contributed by atoms with Crippen molar-refractivity contribution < 1.29 is 4.79 Å². The summed E-state index contributed by atoms with van der Waals surface area (Å²) < 4.78 is 0. The summed E-state index contributed by atoms with van der Waals surface area (Å²) >= 11 is 0. The molecule has 0 atom stereocenters. The lowest BCUT2D eigenvalue weighted by atomic mass is 10.0. The smallest absolute Gasteiger partial charge is 0.249 e. The number of aromatic nitrogens is 3. The minimum atomic E-state index is -0.451. The lowest BCUT2D eigenvalue weighted by Gasteiger charge is -2.16. The molecule has 120 valence electrons. The van der Waals surface area contributed by atoms with Crippen LogP contribution >= 0.6 is 0 Å². The van der Waals surface area contributed by atoms with Crippen LogP contribution in [0.5, 0.6) is 0 Å². The molecule has 6 nitrogen and oxygen atoms in total. The Bertz CT molecular complexity index is 893. The van der Waals surface area contributed by atoms with Gasteiger partial charge in [-0.2, -0.15) is 0 Å². The van der Waals surface area contributed by atoms with E-state index in [1.165, 1.54) is 6.33 Å². The van der Waals surface area contributed by atoms with Crippen molar-refractivity contribution in [3.05, 3.63) is 65.7 Å². The molecule has 1 aromatic carbocycles. The lowest BCUT2D eigenvalue weighted by molar-refractivity contribution is 0.1000.